The molecular weight excluding hydrogens is 268 g/mol. The summed E-state index contributed by atoms with van der Waals surface area (Å²) in [6.45, 7) is 6.24. The molecule has 0 radical (unpaired) electrons. The average Bonchev–Trinajstić information content (AvgIpc) is 2.44. The first kappa shape index (κ1) is 17.4. The molecule has 1 rings (SSSR count). The summed E-state index contributed by atoms with van der Waals surface area (Å²) in [5.41, 5.74) is 0.898. The van der Waals surface area contributed by atoms with Crippen LogP contribution in [0.25, 0.3) is 0 Å². The lowest BCUT2D eigenvalue weighted by Gasteiger charge is -2.31. The third-order valence-corrected chi connectivity index (χ3v) is 3.44. The number of carbonyl (C=O) groups excluding carboxylic acids is 1. The van der Waals surface area contributed by atoms with Gasteiger partial charge < -0.3 is 15.2 Å². The Morgan fingerprint density at radius 2 is 2.14 bits per heavy atom. The zero-order chi connectivity index (χ0) is 15.9. The minimum absolute atomic E-state index is 0.00815. The van der Waals surface area contributed by atoms with Crippen LogP contribution in [0.15, 0.2) is 18.5 Å². The maximum absolute atomic E-state index is 12.1. The molecule has 1 aromatic rings. The lowest BCUT2D eigenvalue weighted by atomic mass is 9.85. The molecule has 0 saturated heterocycles. The van der Waals surface area contributed by atoms with E-state index in [0.717, 1.165) is 5.56 Å². The van der Waals surface area contributed by atoms with Gasteiger partial charge in [0, 0.05) is 25.3 Å². The van der Waals surface area contributed by atoms with E-state index < -0.39 is 0 Å². The van der Waals surface area contributed by atoms with Gasteiger partial charge in [0.2, 0.25) is 5.91 Å². The van der Waals surface area contributed by atoms with Crippen molar-refractivity contribution in [2.24, 2.45) is 5.41 Å². The van der Waals surface area contributed by atoms with E-state index in [9.17, 15) is 4.79 Å². The average molecular weight is 294 g/mol. The van der Waals surface area contributed by atoms with Gasteiger partial charge in [-0.05, 0) is 29.9 Å². The van der Waals surface area contributed by atoms with Gasteiger partial charge >= 0.3 is 0 Å². The molecule has 5 nitrogen and oxygen atoms in total. The second kappa shape index (κ2) is 7.98. The van der Waals surface area contributed by atoms with Crippen LogP contribution in [0.1, 0.15) is 39.2 Å². The highest BCUT2D eigenvalue weighted by molar-refractivity contribution is 5.76. The number of methoxy groups -OCH3 is 1. The monoisotopic (exact) mass is 294 g/mol. The normalized spacial score (nSPS) is 12.8. The molecule has 1 amide bonds. The molecule has 0 aliphatic carbocycles. The number of aliphatic hydroxyl groups is 1. The van der Waals surface area contributed by atoms with Crippen molar-refractivity contribution in [2.45, 2.75) is 46.1 Å². The molecule has 118 valence electrons. The van der Waals surface area contributed by atoms with Crippen molar-refractivity contribution in [2.75, 3.05) is 13.7 Å². The predicted molar refractivity (Wildman–Crippen MR) is 82.2 cm³/mol. The summed E-state index contributed by atoms with van der Waals surface area (Å²) in [6.07, 6.45) is 4.96. The molecule has 21 heavy (non-hydrogen) atoms. The van der Waals surface area contributed by atoms with Crippen molar-refractivity contribution in [3.63, 3.8) is 0 Å². The van der Waals surface area contributed by atoms with E-state index in [1.165, 1.54) is 0 Å². The van der Waals surface area contributed by atoms with Crippen LogP contribution in [0, 0.1) is 5.41 Å². The molecule has 0 saturated carbocycles. The molecule has 1 unspecified atom stereocenters. The third-order valence-electron chi connectivity index (χ3n) is 3.44. The summed E-state index contributed by atoms with van der Waals surface area (Å²) in [4.78, 5) is 16.1. The second-order valence-corrected chi connectivity index (χ2v) is 6.23. The summed E-state index contributed by atoms with van der Waals surface area (Å²) in [5, 5.41) is 12.1. The Morgan fingerprint density at radius 1 is 1.43 bits per heavy atom. The number of carbonyl (C=O) groups is 1. The molecule has 1 atom stereocenters. The van der Waals surface area contributed by atoms with Gasteiger partial charge in [0.1, 0.15) is 5.75 Å². The number of aryl methyl sites for hydroxylation is 1. The minimum Gasteiger partial charge on any atom is -0.495 e. The Labute approximate surface area is 126 Å². The van der Waals surface area contributed by atoms with Crippen molar-refractivity contribution in [1.29, 1.82) is 0 Å². The van der Waals surface area contributed by atoms with E-state index in [1.807, 2.05) is 6.07 Å². The maximum atomic E-state index is 12.1. The van der Waals surface area contributed by atoms with E-state index >= 15 is 0 Å². The van der Waals surface area contributed by atoms with E-state index in [1.54, 1.807) is 19.5 Å². The Balaban J connectivity index is 2.52. The van der Waals surface area contributed by atoms with Crippen LogP contribution >= 0.6 is 0 Å². The Hall–Kier alpha value is -1.62. The second-order valence-electron chi connectivity index (χ2n) is 6.23. The van der Waals surface area contributed by atoms with Crippen LogP contribution in [-0.2, 0) is 11.2 Å². The van der Waals surface area contributed by atoms with Gasteiger partial charge in [-0.25, -0.2) is 0 Å². The van der Waals surface area contributed by atoms with Crippen molar-refractivity contribution in [3.8, 4) is 5.75 Å². The minimum atomic E-state index is -0.0735. The third kappa shape index (κ3) is 6.12. The number of rotatable bonds is 7. The molecule has 0 spiro atoms. The zero-order valence-corrected chi connectivity index (χ0v) is 13.3. The number of nitrogens with one attached hydrogen (secondary N) is 1. The van der Waals surface area contributed by atoms with E-state index in [4.69, 9.17) is 9.84 Å². The van der Waals surface area contributed by atoms with E-state index in [2.05, 4.69) is 31.1 Å². The Bertz CT molecular complexity index is 455. The summed E-state index contributed by atoms with van der Waals surface area (Å²) >= 11 is 0. The highest BCUT2D eigenvalue weighted by Gasteiger charge is 2.25. The number of hydrogen-bond acceptors (Lipinski definition) is 4. The summed E-state index contributed by atoms with van der Waals surface area (Å²) in [5.74, 6) is 0.687. The maximum Gasteiger partial charge on any atom is 0.220 e. The molecule has 0 aliphatic heterocycles. The number of amides is 1. The fourth-order valence-electron chi connectivity index (χ4n) is 2.09. The number of ether oxygens (including phenoxy) is 1. The van der Waals surface area contributed by atoms with Crippen LogP contribution in [0.4, 0.5) is 0 Å². The molecule has 0 aromatic carbocycles. The fourth-order valence-corrected chi connectivity index (χ4v) is 2.09. The number of hydrogen-bond donors (Lipinski definition) is 2. The quantitative estimate of drug-likeness (QED) is 0.806. The SMILES string of the molecule is COc1cncc(CCC(=O)NC(CCO)C(C)(C)C)c1. The Kier molecular flexibility index (Phi) is 6.62. The van der Waals surface area contributed by atoms with Crippen molar-refractivity contribution in [3.05, 3.63) is 24.0 Å². The number of aromatic nitrogens is 1. The number of pyridine rings is 1. The molecule has 1 heterocycles. The summed E-state index contributed by atoms with van der Waals surface area (Å²) in [6, 6.07) is 1.85. The number of aliphatic hydroxyl groups excluding tert-OH is 1. The smallest absolute Gasteiger partial charge is 0.220 e. The lowest BCUT2D eigenvalue weighted by molar-refractivity contribution is -0.122. The van der Waals surface area contributed by atoms with Crippen molar-refractivity contribution < 1.29 is 14.6 Å². The van der Waals surface area contributed by atoms with Crippen LogP contribution in [0.2, 0.25) is 0 Å². The molecular formula is C16H26N2O3. The highest BCUT2D eigenvalue weighted by atomic mass is 16.5. The van der Waals surface area contributed by atoms with Crippen LogP contribution < -0.4 is 10.1 Å². The first-order valence-electron chi connectivity index (χ1n) is 7.25. The van der Waals surface area contributed by atoms with Gasteiger partial charge in [-0.3, -0.25) is 9.78 Å². The molecule has 0 bridgehead atoms. The lowest BCUT2D eigenvalue weighted by Crippen LogP contribution is -2.44. The Morgan fingerprint density at radius 3 is 2.71 bits per heavy atom. The largest absolute Gasteiger partial charge is 0.495 e. The van der Waals surface area contributed by atoms with Gasteiger partial charge in [-0.2, -0.15) is 0 Å². The van der Waals surface area contributed by atoms with Gasteiger partial charge in [0.25, 0.3) is 0 Å². The van der Waals surface area contributed by atoms with Gasteiger partial charge in [-0.1, -0.05) is 20.8 Å². The highest BCUT2D eigenvalue weighted by Crippen LogP contribution is 2.21. The van der Waals surface area contributed by atoms with Gasteiger partial charge in [0.05, 0.1) is 13.3 Å². The zero-order valence-electron chi connectivity index (χ0n) is 13.3. The van der Waals surface area contributed by atoms with Crippen LogP contribution in [0.5, 0.6) is 5.75 Å². The fraction of sp³-hybridized carbons (Fsp3) is 0.625. The molecule has 1 aromatic heterocycles. The standard InChI is InChI=1S/C16H26N2O3/c1-16(2,3)14(7-8-19)18-15(20)6-5-12-9-13(21-4)11-17-10-12/h9-11,14,19H,5-8H2,1-4H3,(H,18,20). The summed E-state index contributed by atoms with van der Waals surface area (Å²) in [7, 11) is 1.59. The molecule has 0 fully saturated rings. The van der Waals surface area contributed by atoms with Crippen LogP contribution in [0.3, 0.4) is 0 Å². The first-order valence-corrected chi connectivity index (χ1v) is 7.25. The van der Waals surface area contributed by atoms with Crippen molar-refractivity contribution in [1.82, 2.24) is 10.3 Å². The van der Waals surface area contributed by atoms with E-state index in [0.29, 0.717) is 25.0 Å². The first-order chi connectivity index (χ1) is 9.86. The van der Waals surface area contributed by atoms with Gasteiger partial charge in [-0.15, -0.1) is 0 Å². The van der Waals surface area contributed by atoms with E-state index in [-0.39, 0.29) is 24.0 Å². The van der Waals surface area contributed by atoms with Crippen LogP contribution in [-0.4, -0.2) is 35.8 Å². The topological polar surface area (TPSA) is 71.5 Å². The molecule has 0 aliphatic rings. The predicted octanol–water partition coefficient (Wildman–Crippen LogP) is 1.94. The van der Waals surface area contributed by atoms with Gasteiger partial charge in [0.15, 0.2) is 0 Å². The van der Waals surface area contributed by atoms with Crippen molar-refractivity contribution >= 4 is 5.91 Å². The number of nitrogens with zero attached hydrogens (tertiary/aromatic N) is 1. The molecule has 5 heteroatoms. The summed E-state index contributed by atoms with van der Waals surface area (Å²) < 4.78 is 5.11. The molecule has 2 N–H and O–H groups in total.